The van der Waals surface area contributed by atoms with E-state index in [9.17, 15) is 4.79 Å². The van der Waals surface area contributed by atoms with Gasteiger partial charge in [-0.05, 0) is 18.2 Å². The third-order valence-corrected chi connectivity index (χ3v) is 3.10. The Kier molecular flexibility index (Phi) is 3.93. The van der Waals surface area contributed by atoms with E-state index in [-0.39, 0.29) is 5.82 Å². The van der Waals surface area contributed by atoms with E-state index in [1.165, 1.54) is 19.4 Å². The third-order valence-electron chi connectivity index (χ3n) is 2.55. The first-order valence-electron chi connectivity index (χ1n) is 5.32. The van der Waals surface area contributed by atoms with Crippen LogP contribution in [0, 0.1) is 0 Å². The lowest BCUT2D eigenvalue weighted by atomic mass is 10.0. The van der Waals surface area contributed by atoms with Crippen LogP contribution in [0.1, 0.15) is 10.4 Å². The summed E-state index contributed by atoms with van der Waals surface area (Å²) in [6.07, 6.45) is 1.48. The first-order chi connectivity index (χ1) is 9.02. The van der Waals surface area contributed by atoms with Gasteiger partial charge in [0.25, 0.3) is 0 Å². The van der Waals surface area contributed by atoms with Crippen LogP contribution in [0.5, 0.6) is 0 Å². The van der Waals surface area contributed by atoms with E-state index in [4.69, 9.17) is 33.7 Å². The maximum Gasteiger partial charge on any atom is 0.338 e. The molecule has 0 unspecified atom stereocenters. The number of esters is 1. The van der Waals surface area contributed by atoms with Gasteiger partial charge >= 0.3 is 5.97 Å². The van der Waals surface area contributed by atoms with Gasteiger partial charge in [0.1, 0.15) is 5.82 Å². The zero-order valence-electron chi connectivity index (χ0n) is 9.98. The molecule has 98 valence electrons. The van der Waals surface area contributed by atoms with Gasteiger partial charge in [-0.3, -0.25) is 0 Å². The molecule has 0 radical (unpaired) electrons. The molecule has 19 heavy (non-hydrogen) atoms. The lowest BCUT2D eigenvalue weighted by molar-refractivity contribution is 0.0601. The molecule has 0 amide bonds. The summed E-state index contributed by atoms with van der Waals surface area (Å²) in [7, 11) is 1.30. The number of rotatable bonds is 2. The smallest absolute Gasteiger partial charge is 0.338 e. The number of aromatic nitrogens is 1. The molecule has 0 spiro atoms. The van der Waals surface area contributed by atoms with E-state index in [2.05, 4.69) is 4.98 Å². The normalized spacial score (nSPS) is 10.3. The van der Waals surface area contributed by atoms with Crippen LogP contribution in [0.15, 0.2) is 30.5 Å². The maximum absolute atomic E-state index is 11.8. The minimum absolute atomic E-state index is 0.231. The Bertz CT molecular complexity index is 645. The van der Waals surface area contributed by atoms with Crippen LogP contribution in [0.2, 0.25) is 10.0 Å². The Morgan fingerprint density at radius 2 is 2.00 bits per heavy atom. The van der Waals surface area contributed by atoms with E-state index in [1.807, 2.05) is 0 Å². The Morgan fingerprint density at radius 3 is 2.63 bits per heavy atom. The van der Waals surface area contributed by atoms with Crippen LogP contribution in [-0.4, -0.2) is 18.1 Å². The number of benzene rings is 1. The van der Waals surface area contributed by atoms with Gasteiger partial charge in [0.15, 0.2) is 0 Å². The van der Waals surface area contributed by atoms with E-state index in [1.54, 1.807) is 18.2 Å². The second-order valence-corrected chi connectivity index (χ2v) is 4.61. The monoisotopic (exact) mass is 296 g/mol. The molecule has 0 atom stereocenters. The molecule has 0 bridgehead atoms. The molecule has 0 fully saturated rings. The fourth-order valence-corrected chi connectivity index (χ4v) is 2.18. The summed E-state index contributed by atoms with van der Waals surface area (Å²) in [5, 5.41) is 0.931. The topological polar surface area (TPSA) is 65.2 Å². The average Bonchev–Trinajstić information content (AvgIpc) is 2.38. The van der Waals surface area contributed by atoms with Crippen molar-refractivity contribution in [3.05, 3.63) is 46.1 Å². The molecule has 2 N–H and O–H groups in total. The quantitative estimate of drug-likeness (QED) is 0.862. The van der Waals surface area contributed by atoms with Crippen LogP contribution in [0.3, 0.4) is 0 Å². The number of hydrogen-bond donors (Lipinski definition) is 1. The number of halogens is 2. The predicted molar refractivity (Wildman–Crippen MR) is 75.4 cm³/mol. The summed E-state index contributed by atoms with van der Waals surface area (Å²) in [5.41, 5.74) is 7.07. The van der Waals surface area contributed by atoms with E-state index in [0.717, 1.165) is 0 Å². The summed E-state index contributed by atoms with van der Waals surface area (Å²) in [4.78, 5) is 15.7. The van der Waals surface area contributed by atoms with Crippen LogP contribution in [-0.2, 0) is 4.74 Å². The first-order valence-corrected chi connectivity index (χ1v) is 6.07. The Balaban J connectivity index is 2.64. The standard InChI is InChI=1S/C13H10Cl2N2O2/c1-19-13(18)9-5-12(16)17-6-10(9)8-3-2-7(14)4-11(8)15/h2-6H,1H3,(H2,16,17). The van der Waals surface area contributed by atoms with Gasteiger partial charge in [0, 0.05) is 27.4 Å². The molecule has 6 heteroatoms. The molecular weight excluding hydrogens is 287 g/mol. The lowest BCUT2D eigenvalue weighted by Crippen LogP contribution is -2.06. The Labute approximate surface area is 120 Å². The van der Waals surface area contributed by atoms with Gasteiger partial charge in [-0.1, -0.05) is 29.3 Å². The van der Waals surface area contributed by atoms with Crippen LogP contribution >= 0.6 is 23.2 Å². The molecular formula is C13H10Cl2N2O2. The van der Waals surface area contributed by atoms with Crippen molar-refractivity contribution < 1.29 is 9.53 Å². The molecule has 0 saturated heterocycles. The van der Waals surface area contributed by atoms with Gasteiger partial charge in [-0.25, -0.2) is 9.78 Å². The Morgan fingerprint density at radius 1 is 1.26 bits per heavy atom. The van der Waals surface area contributed by atoms with Gasteiger partial charge < -0.3 is 10.5 Å². The Hall–Kier alpha value is -1.78. The summed E-state index contributed by atoms with van der Waals surface area (Å²) in [6.45, 7) is 0. The van der Waals surface area contributed by atoms with Crippen molar-refractivity contribution in [1.82, 2.24) is 4.98 Å². The molecule has 2 rings (SSSR count). The highest BCUT2D eigenvalue weighted by molar-refractivity contribution is 6.36. The molecule has 4 nitrogen and oxygen atoms in total. The maximum atomic E-state index is 11.8. The zero-order chi connectivity index (χ0) is 14.0. The van der Waals surface area contributed by atoms with Gasteiger partial charge in [-0.2, -0.15) is 0 Å². The second-order valence-electron chi connectivity index (χ2n) is 3.77. The molecule has 0 aliphatic carbocycles. The van der Waals surface area contributed by atoms with Crippen LogP contribution in [0.4, 0.5) is 5.82 Å². The van der Waals surface area contributed by atoms with Crippen LogP contribution < -0.4 is 5.73 Å². The van der Waals surface area contributed by atoms with E-state index >= 15 is 0 Å². The number of carbonyl (C=O) groups is 1. The van der Waals surface area contributed by atoms with E-state index < -0.39 is 5.97 Å². The summed E-state index contributed by atoms with van der Waals surface area (Å²) < 4.78 is 4.73. The minimum Gasteiger partial charge on any atom is -0.465 e. The molecule has 0 aliphatic rings. The number of nitrogen functional groups attached to an aromatic ring is 1. The molecule has 0 aliphatic heterocycles. The fraction of sp³-hybridized carbons (Fsp3) is 0.0769. The lowest BCUT2D eigenvalue weighted by Gasteiger charge is -2.10. The number of ether oxygens (including phenoxy) is 1. The summed E-state index contributed by atoms with van der Waals surface area (Å²) >= 11 is 12.0. The minimum atomic E-state index is -0.505. The van der Waals surface area contributed by atoms with Crippen LogP contribution in [0.25, 0.3) is 11.1 Å². The van der Waals surface area contributed by atoms with Crippen molar-refractivity contribution in [2.75, 3.05) is 12.8 Å². The molecule has 1 aromatic carbocycles. The van der Waals surface area contributed by atoms with Crippen molar-refractivity contribution in [2.45, 2.75) is 0 Å². The number of methoxy groups -OCH3 is 1. The zero-order valence-corrected chi connectivity index (χ0v) is 11.5. The molecule has 2 aromatic rings. The third kappa shape index (κ3) is 2.80. The average molecular weight is 297 g/mol. The number of hydrogen-bond acceptors (Lipinski definition) is 4. The number of anilines is 1. The highest BCUT2D eigenvalue weighted by Gasteiger charge is 2.16. The number of pyridine rings is 1. The summed E-state index contributed by atoms with van der Waals surface area (Å²) in [5.74, 6) is -0.274. The van der Waals surface area contributed by atoms with Crippen molar-refractivity contribution in [2.24, 2.45) is 0 Å². The first kappa shape index (κ1) is 13.6. The highest BCUT2D eigenvalue weighted by Crippen LogP contribution is 2.32. The van der Waals surface area contributed by atoms with Crippen molar-refractivity contribution in [3.63, 3.8) is 0 Å². The van der Waals surface area contributed by atoms with Gasteiger partial charge in [0.2, 0.25) is 0 Å². The predicted octanol–water partition coefficient (Wildman–Crippen LogP) is 3.42. The SMILES string of the molecule is COC(=O)c1cc(N)ncc1-c1ccc(Cl)cc1Cl. The molecule has 1 heterocycles. The van der Waals surface area contributed by atoms with E-state index in [0.29, 0.717) is 26.7 Å². The van der Waals surface area contributed by atoms with Gasteiger partial charge in [-0.15, -0.1) is 0 Å². The fourth-order valence-electron chi connectivity index (χ4n) is 1.67. The largest absolute Gasteiger partial charge is 0.465 e. The summed E-state index contributed by atoms with van der Waals surface area (Å²) in [6, 6.07) is 6.44. The van der Waals surface area contributed by atoms with Crippen molar-refractivity contribution >= 4 is 35.0 Å². The molecule has 0 saturated carbocycles. The number of nitrogens with zero attached hydrogens (tertiary/aromatic N) is 1. The van der Waals surface area contributed by atoms with Crippen molar-refractivity contribution in [3.8, 4) is 11.1 Å². The second kappa shape index (κ2) is 5.47. The van der Waals surface area contributed by atoms with Gasteiger partial charge in [0.05, 0.1) is 12.7 Å². The highest BCUT2D eigenvalue weighted by atomic mass is 35.5. The van der Waals surface area contributed by atoms with Crippen molar-refractivity contribution in [1.29, 1.82) is 0 Å². The molecule has 1 aromatic heterocycles. The number of nitrogens with two attached hydrogens (primary N) is 1. The number of carbonyl (C=O) groups excluding carboxylic acids is 1.